The van der Waals surface area contributed by atoms with E-state index in [1.165, 1.54) is 22.0 Å². The number of benzene rings is 2. The summed E-state index contributed by atoms with van der Waals surface area (Å²) >= 11 is 1.32. The number of nitrogens with two attached hydrogens (primary N) is 1. The highest BCUT2D eigenvalue weighted by Gasteiger charge is 2.28. The van der Waals surface area contributed by atoms with Crippen LogP contribution >= 0.6 is 11.8 Å². The third kappa shape index (κ3) is 5.30. The normalized spacial score (nSPS) is 15.2. The van der Waals surface area contributed by atoms with Crippen LogP contribution in [0.5, 0.6) is 11.5 Å². The molecule has 9 heteroatoms. The Labute approximate surface area is 204 Å². The monoisotopic (exact) mass is 481 g/mol. The van der Waals surface area contributed by atoms with Gasteiger partial charge in [0.15, 0.2) is 5.82 Å². The first-order chi connectivity index (χ1) is 16.5. The fourth-order valence-corrected chi connectivity index (χ4v) is 5.15. The van der Waals surface area contributed by atoms with Gasteiger partial charge in [-0.15, -0.1) is 10.2 Å². The van der Waals surface area contributed by atoms with Gasteiger partial charge in [0, 0.05) is 19.2 Å². The van der Waals surface area contributed by atoms with Gasteiger partial charge < -0.3 is 20.2 Å². The van der Waals surface area contributed by atoms with Crippen molar-refractivity contribution in [2.45, 2.75) is 36.6 Å². The van der Waals surface area contributed by atoms with Gasteiger partial charge >= 0.3 is 0 Å². The van der Waals surface area contributed by atoms with Gasteiger partial charge in [0.05, 0.1) is 25.0 Å². The molecule has 2 heterocycles. The molecular formula is C25H31N5O3S. The summed E-state index contributed by atoms with van der Waals surface area (Å²) < 4.78 is 12.1. The SMILES string of the molecule is COc1ccc(-c2nnc(SC(C)C(=O)N3CCC(Cc4ccccc4)CC3)n2N)c(OC)c1. The summed E-state index contributed by atoms with van der Waals surface area (Å²) in [6.45, 7) is 3.46. The predicted molar refractivity (Wildman–Crippen MR) is 133 cm³/mol. The van der Waals surface area contributed by atoms with Crippen molar-refractivity contribution in [3.63, 3.8) is 0 Å². The number of ether oxygens (including phenoxy) is 2. The van der Waals surface area contributed by atoms with E-state index in [0.717, 1.165) is 32.4 Å². The second-order valence-electron chi connectivity index (χ2n) is 8.46. The molecule has 34 heavy (non-hydrogen) atoms. The van der Waals surface area contributed by atoms with E-state index in [4.69, 9.17) is 15.3 Å². The summed E-state index contributed by atoms with van der Waals surface area (Å²) in [4.78, 5) is 15.1. The molecule has 1 saturated heterocycles. The summed E-state index contributed by atoms with van der Waals surface area (Å²) in [6.07, 6.45) is 3.11. The Morgan fingerprint density at radius 1 is 1.12 bits per heavy atom. The fourth-order valence-electron chi connectivity index (χ4n) is 4.29. The Bertz CT molecular complexity index is 1110. The number of piperidine rings is 1. The summed E-state index contributed by atoms with van der Waals surface area (Å²) in [5, 5.41) is 8.64. The highest BCUT2D eigenvalue weighted by atomic mass is 32.2. The molecule has 1 fully saturated rings. The van der Waals surface area contributed by atoms with Gasteiger partial charge in [0.25, 0.3) is 0 Å². The Hall–Kier alpha value is -3.20. The minimum Gasteiger partial charge on any atom is -0.497 e. The van der Waals surface area contributed by atoms with Crippen molar-refractivity contribution in [1.29, 1.82) is 0 Å². The first kappa shape index (κ1) is 23.9. The van der Waals surface area contributed by atoms with Gasteiger partial charge in [-0.2, -0.15) is 0 Å². The van der Waals surface area contributed by atoms with E-state index in [9.17, 15) is 4.79 Å². The number of hydrogen-bond acceptors (Lipinski definition) is 7. The quantitative estimate of drug-likeness (QED) is 0.388. The highest BCUT2D eigenvalue weighted by Crippen LogP contribution is 2.34. The molecular weight excluding hydrogens is 450 g/mol. The molecule has 8 nitrogen and oxygen atoms in total. The second-order valence-corrected chi connectivity index (χ2v) is 9.77. The minimum atomic E-state index is -0.317. The average molecular weight is 482 g/mol. The largest absolute Gasteiger partial charge is 0.497 e. The van der Waals surface area contributed by atoms with Crippen LogP contribution in [0.4, 0.5) is 0 Å². The Kier molecular flexibility index (Phi) is 7.62. The summed E-state index contributed by atoms with van der Waals surface area (Å²) in [7, 11) is 3.17. The number of methoxy groups -OCH3 is 2. The molecule has 0 bridgehead atoms. The van der Waals surface area contributed by atoms with Crippen molar-refractivity contribution in [3.8, 4) is 22.9 Å². The molecule has 1 amide bonds. The molecule has 4 rings (SSSR count). The van der Waals surface area contributed by atoms with E-state index >= 15 is 0 Å². The van der Waals surface area contributed by atoms with Gasteiger partial charge in [0.1, 0.15) is 11.5 Å². The summed E-state index contributed by atoms with van der Waals surface area (Å²) in [5.74, 6) is 8.74. The zero-order valence-corrected chi connectivity index (χ0v) is 20.6. The number of carbonyl (C=O) groups excluding carboxylic acids is 1. The first-order valence-corrected chi connectivity index (χ1v) is 12.3. The number of carbonyl (C=O) groups is 1. The molecule has 1 aliphatic rings. The zero-order valence-electron chi connectivity index (χ0n) is 19.8. The Morgan fingerprint density at radius 3 is 2.53 bits per heavy atom. The van der Waals surface area contributed by atoms with Crippen LogP contribution < -0.4 is 15.3 Å². The van der Waals surface area contributed by atoms with Crippen molar-refractivity contribution in [2.75, 3.05) is 33.2 Å². The molecule has 0 aliphatic carbocycles. The summed E-state index contributed by atoms with van der Waals surface area (Å²) in [5.41, 5.74) is 2.06. The van der Waals surface area contributed by atoms with Gasteiger partial charge in [-0.05, 0) is 49.8 Å². The Balaban J connectivity index is 1.37. The lowest BCUT2D eigenvalue weighted by Crippen LogP contribution is -2.42. The molecule has 2 N–H and O–H groups in total. The van der Waals surface area contributed by atoms with E-state index in [2.05, 4.69) is 34.5 Å². The van der Waals surface area contributed by atoms with Crippen molar-refractivity contribution in [2.24, 2.45) is 5.92 Å². The van der Waals surface area contributed by atoms with Crippen molar-refractivity contribution in [3.05, 3.63) is 54.1 Å². The van der Waals surface area contributed by atoms with Gasteiger partial charge in [-0.1, -0.05) is 42.1 Å². The molecule has 0 radical (unpaired) electrons. The van der Waals surface area contributed by atoms with Crippen LogP contribution in [0.15, 0.2) is 53.7 Å². The topological polar surface area (TPSA) is 95.5 Å². The predicted octanol–water partition coefficient (Wildman–Crippen LogP) is 3.64. The van der Waals surface area contributed by atoms with Crippen LogP contribution in [0, 0.1) is 5.92 Å². The van der Waals surface area contributed by atoms with Crippen LogP contribution in [0.3, 0.4) is 0 Å². The number of amides is 1. The third-order valence-electron chi connectivity index (χ3n) is 6.24. The molecule has 1 aliphatic heterocycles. The maximum absolute atomic E-state index is 13.1. The van der Waals surface area contributed by atoms with E-state index < -0.39 is 0 Å². The van der Waals surface area contributed by atoms with Crippen LogP contribution in [0.1, 0.15) is 25.3 Å². The molecule has 180 valence electrons. The van der Waals surface area contributed by atoms with Crippen molar-refractivity contribution in [1.82, 2.24) is 19.8 Å². The van der Waals surface area contributed by atoms with E-state index in [-0.39, 0.29) is 11.2 Å². The Morgan fingerprint density at radius 2 is 1.85 bits per heavy atom. The number of hydrogen-bond donors (Lipinski definition) is 1. The molecule has 0 saturated carbocycles. The standard InChI is InChI=1S/C25H31N5O3S/c1-17(24(31)29-13-11-19(12-14-29)15-18-7-5-4-6-8-18)34-25-28-27-23(30(25)26)21-10-9-20(32-2)16-22(21)33-3/h4-10,16-17,19H,11-15,26H2,1-3H3. The maximum atomic E-state index is 13.1. The molecule has 1 atom stereocenters. The zero-order chi connectivity index (χ0) is 24.1. The van der Waals surface area contributed by atoms with Crippen molar-refractivity contribution < 1.29 is 14.3 Å². The lowest BCUT2D eigenvalue weighted by Gasteiger charge is -2.33. The van der Waals surface area contributed by atoms with E-state index in [1.54, 1.807) is 20.3 Å². The number of aromatic nitrogens is 3. The maximum Gasteiger partial charge on any atom is 0.235 e. The van der Waals surface area contributed by atoms with Crippen LogP contribution in [0.2, 0.25) is 0 Å². The smallest absolute Gasteiger partial charge is 0.235 e. The van der Waals surface area contributed by atoms with Crippen LogP contribution in [-0.4, -0.2) is 58.2 Å². The number of likely N-dealkylation sites (tertiary alicyclic amines) is 1. The summed E-state index contributed by atoms with van der Waals surface area (Å²) in [6, 6.07) is 16.0. The second kappa shape index (κ2) is 10.8. The van der Waals surface area contributed by atoms with Crippen LogP contribution in [-0.2, 0) is 11.2 Å². The van der Waals surface area contributed by atoms with Gasteiger partial charge in [0.2, 0.25) is 11.1 Å². The number of rotatable bonds is 8. The fraction of sp³-hybridized carbons (Fsp3) is 0.400. The molecule has 0 spiro atoms. The number of thioether (sulfide) groups is 1. The van der Waals surface area contributed by atoms with Crippen LogP contribution in [0.25, 0.3) is 11.4 Å². The molecule has 1 unspecified atom stereocenters. The molecule has 1 aromatic heterocycles. The highest BCUT2D eigenvalue weighted by molar-refractivity contribution is 8.00. The van der Waals surface area contributed by atoms with E-state index in [1.807, 2.05) is 30.0 Å². The first-order valence-electron chi connectivity index (χ1n) is 11.4. The lowest BCUT2D eigenvalue weighted by atomic mass is 9.90. The molecule has 3 aromatic rings. The van der Waals surface area contributed by atoms with Crippen molar-refractivity contribution >= 4 is 17.7 Å². The van der Waals surface area contributed by atoms with E-state index in [0.29, 0.717) is 34.0 Å². The third-order valence-corrected chi connectivity index (χ3v) is 7.28. The van der Waals surface area contributed by atoms with Gasteiger partial charge in [-0.25, -0.2) is 4.68 Å². The number of nitrogen functional groups attached to an aromatic ring is 1. The molecule has 2 aromatic carbocycles. The average Bonchev–Trinajstić information content (AvgIpc) is 3.23. The van der Waals surface area contributed by atoms with Gasteiger partial charge in [-0.3, -0.25) is 4.79 Å². The lowest BCUT2D eigenvalue weighted by molar-refractivity contribution is -0.131. The minimum absolute atomic E-state index is 0.106. The number of nitrogens with zero attached hydrogens (tertiary/aromatic N) is 4.